The molecule has 1 saturated carbocycles. The largest absolute Gasteiger partial charge is 0.330 e. The molecule has 0 spiro atoms. The highest BCUT2D eigenvalue weighted by molar-refractivity contribution is 8.01. The summed E-state index contributed by atoms with van der Waals surface area (Å²) in [5.41, 5.74) is 1.48. The van der Waals surface area contributed by atoms with Crippen LogP contribution in [0, 0.1) is 5.92 Å². The molecule has 1 aromatic heterocycles. The SMILES string of the molecule is CC(=O)Nc1cccc(Nc2nnc(SCC3CCC(F)(F)C3)s2)c1. The zero-order chi connectivity index (χ0) is 17.9. The monoisotopic (exact) mass is 384 g/mol. The van der Waals surface area contributed by atoms with Gasteiger partial charge in [0.1, 0.15) is 0 Å². The van der Waals surface area contributed by atoms with E-state index >= 15 is 0 Å². The Bertz CT molecular complexity index is 753. The number of nitrogens with zero attached hydrogens (tertiary/aromatic N) is 2. The fourth-order valence-electron chi connectivity index (χ4n) is 2.69. The summed E-state index contributed by atoms with van der Waals surface area (Å²) in [6.45, 7) is 1.45. The number of rotatable bonds is 6. The number of alkyl halides is 2. The molecule has 1 heterocycles. The second kappa shape index (κ2) is 7.65. The Morgan fingerprint density at radius 2 is 2.20 bits per heavy atom. The number of hydrogen-bond acceptors (Lipinski definition) is 6. The maximum Gasteiger partial charge on any atom is 0.248 e. The molecule has 0 aliphatic heterocycles. The molecular formula is C16H18F2N4OS2. The number of benzene rings is 1. The quantitative estimate of drug-likeness (QED) is 0.703. The summed E-state index contributed by atoms with van der Waals surface area (Å²) in [5.74, 6) is -1.96. The standard InChI is InChI=1S/C16H18F2N4OS2/c1-10(23)19-12-3-2-4-13(7-12)20-14-21-22-15(25-14)24-9-11-5-6-16(17,18)8-11/h2-4,7,11H,5-6,8-9H2,1H3,(H,19,23)(H,20,21). The lowest BCUT2D eigenvalue weighted by molar-refractivity contribution is -0.114. The van der Waals surface area contributed by atoms with Gasteiger partial charge in [-0.2, -0.15) is 0 Å². The van der Waals surface area contributed by atoms with E-state index in [2.05, 4.69) is 20.8 Å². The van der Waals surface area contributed by atoms with Crippen LogP contribution in [-0.4, -0.2) is 27.8 Å². The van der Waals surface area contributed by atoms with E-state index in [0.29, 0.717) is 23.0 Å². The third kappa shape index (κ3) is 5.37. The normalized spacial score (nSPS) is 18.9. The first-order valence-electron chi connectivity index (χ1n) is 7.88. The minimum absolute atomic E-state index is 0.00814. The van der Waals surface area contributed by atoms with Crippen molar-refractivity contribution < 1.29 is 13.6 Å². The van der Waals surface area contributed by atoms with Gasteiger partial charge in [0, 0.05) is 36.9 Å². The molecule has 1 aliphatic carbocycles. The van der Waals surface area contributed by atoms with Crippen LogP contribution < -0.4 is 10.6 Å². The van der Waals surface area contributed by atoms with Crippen molar-refractivity contribution in [2.75, 3.05) is 16.4 Å². The lowest BCUT2D eigenvalue weighted by Crippen LogP contribution is -2.10. The van der Waals surface area contributed by atoms with Gasteiger partial charge in [0.05, 0.1) is 0 Å². The van der Waals surface area contributed by atoms with E-state index in [-0.39, 0.29) is 24.7 Å². The Balaban J connectivity index is 1.54. The molecular weight excluding hydrogens is 366 g/mol. The number of carbonyl (C=O) groups excluding carboxylic acids is 1. The Morgan fingerprint density at radius 1 is 1.40 bits per heavy atom. The van der Waals surface area contributed by atoms with Gasteiger partial charge in [0.2, 0.25) is 17.0 Å². The van der Waals surface area contributed by atoms with Crippen LogP contribution >= 0.6 is 23.1 Å². The third-order valence-electron chi connectivity index (χ3n) is 3.79. The van der Waals surface area contributed by atoms with Crippen LogP contribution in [0.4, 0.5) is 25.3 Å². The molecule has 25 heavy (non-hydrogen) atoms. The van der Waals surface area contributed by atoms with Gasteiger partial charge in [0.25, 0.3) is 0 Å². The Hall–Kier alpha value is -1.74. The van der Waals surface area contributed by atoms with E-state index in [4.69, 9.17) is 0 Å². The van der Waals surface area contributed by atoms with Crippen molar-refractivity contribution >= 4 is 45.5 Å². The van der Waals surface area contributed by atoms with Crippen molar-refractivity contribution in [2.24, 2.45) is 5.92 Å². The molecule has 9 heteroatoms. The van der Waals surface area contributed by atoms with Crippen molar-refractivity contribution in [3.63, 3.8) is 0 Å². The second-order valence-corrected chi connectivity index (χ2v) is 8.28. The summed E-state index contributed by atoms with van der Waals surface area (Å²) in [6, 6.07) is 7.28. The van der Waals surface area contributed by atoms with Gasteiger partial charge >= 0.3 is 0 Å². The fourth-order valence-corrected chi connectivity index (χ4v) is 4.63. The van der Waals surface area contributed by atoms with Gasteiger partial charge in [-0.25, -0.2) is 8.78 Å². The number of amides is 1. The van der Waals surface area contributed by atoms with E-state index in [1.165, 1.54) is 30.0 Å². The number of nitrogens with one attached hydrogen (secondary N) is 2. The Morgan fingerprint density at radius 3 is 2.92 bits per heavy atom. The highest BCUT2D eigenvalue weighted by atomic mass is 32.2. The molecule has 5 nitrogen and oxygen atoms in total. The van der Waals surface area contributed by atoms with E-state index in [0.717, 1.165) is 10.0 Å². The van der Waals surface area contributed by atoms with E-state index in [9.17, 15) is 13.6 Å². The zero-order valence-electron chi connectivity index (χ0n) is 13.6. The number of aromatic nitrogens is 2. The van der Waals surface area contributed by atoms with Crippen molar-refractivity contribution in [3.8, 4) is 0 Å². The molecule has 1 amide bonds. The van der Waals surface area contributed by atoms with Gasteiger partial charge < -0.3 is 10.6 Å². The first-order chi connectivity index (χ1) is 11.9. The van der Waals surface area contributed by atoms with Crippen LogP contribution in [0.5, 0.6) is 0 Å². The average Bonchev–Trinajstić information content (AvgIpc) is 3.11. The number of anilines is 3. The molecule has 1 aromatic carbocycles. The number of thioether (sulfide) groups is 1. The zero-order valence-corrected chi connectivity index (χ0v) is 15.2. The van der Waals surface area contributed by atoms with Crippen molar-refractivity contribution in [2.45, 2.75) is 36.4 Å². The summed E-state index contributed by atoms with van der Waals surface area (Å²) in [7, 11) is 0. The highest BCUT2D eigenvalue weighted by Gasteiger charge is 2.39. The average molecular weight is 384 g/mol. The van der Waals surface area contributed by atoms with Crippen molar-refractivity contribution in [1.29, 1.82) is 0 Å². The van der Waals surface area contributed by atoms with Crippen molar-refractivity contribution in [3.05, 3.63) is 24.3 Å². The summed E-state index contributed by atoms with van der Waals surface area (Å²) in [4.78, 5) is 11.1. The van der Waals surface area contributed by atoms with E-state index in [1.807, 2.05) is 12.1 Å². The van der Waals surface area contributed by atoms with Gasteiger partial charge in [-0.3, -0.25) is 4.79 Å². The molecule has 1 atom stereocenters. The van der Waals surface area contributed by atoms with Gasteiger partial charge in [-0.05, 0) is 30.5 Å². The summed E-state index contributed by atoms with van der Waals surface area (Å²) < 4.78 is 27.2. The second-order valence-electron chi connectivity index (χ2n) is 6.04. The van der Waals surface area contributed by atoms with Crippen molar-refractivity contribution in [1.82, 2.24) is 10.2 Å². The Kier molecular flexibility index (Phi) is 5.53. The summed E-state index contributed by atoms with van der Waals surface area (Å²) >= 11 is 2.86. The molecule has 3 rings (SSSR count). The molecule has 2 aromatic rings. The van der Waals surface area contributed by atoms with Crippen LogP contribution in [0.15, 0.2) is 28.6 Å². The predicted octanol–water partition coefficient (Wildman–Crippen LogP) is 4.77. The molecule has 1 fully saturated rings. The predicted molar refractivity (Wildman–Crippen MR) is 96.9 cm³/mol. The van der Waals surface area contributed by atoms with Gasteiger partial charge in [-0.1, -0.05) is 29.2 Å². The number of halogens is 2. The highest BCUT2D eigenvalue weighted by Crippen LogP contribution is 2.41. The van der Waals surface area contributed by atoms with Crippen LogP contribution in [0.3, 0.4) is 0 Å². The van der Waals surface area contributed by atoms with Crippen LogP contribution in [0.25, 0.3) is 0 Å². The first-order valence-corrected chi connectivity index (χ1v) is 9.69. The minimum Gasteiger partial charge on any atom is -0.330 e. The van der Waals surface area contributed by atoms with E-state index < -0.39 is 5.92 Å². The van der Waals surface area contributed by atoms with Crippen LogP contribution in [-0.2, 0) is 4.79 Å². The Labute approximate surface area is 152 Å². The summed E-state index contributed by atoms with van der Waals surface area (Å²) in [5, 5.41) is 14.7. The lowest BCUT2D eigenvalue weighted by atomic mass is 10.1. The minimum atomic E-state index is -2.50. The first kappa shape index (κ1) is 18.1. The molecule has 1 unspecified atom stereocenters. The number of hydrogen-bond donors (Lipinski definition) is 2. The van der Waals surface area contributed by atoms with Crippen LogP contribution in [0.2, 0.25) is 0 Å². The molecule has 134 valence electrons. The number of carbonyl (C=O) groups is 1. The van der Waals surface area contributed by atoms with Crippen LogP contribution in [0.1, 0.15) is 26.2 Å². The lowest BCUT2D eigenvalue weighted by Gasteiger charge is -2.08. The maximum atomic E-state index is 13.2. The smallest absolute Gasteiger partial charge is 0.248 e. The van der Waals surface area contributed by atoms with E-state index in [1.54, 1.807) is 12.1 Å². The molecule has 2 N–H and O–H groups in total. The molecule has 0 saturated heterocycles. The summed E-state index contributed by atoms with van der Waals surface area (Å²) in [6.07, 6.45) is 0.533. The van der Waals surface area contributed by atoms with Gasteiger partial charge in [-0.15, -0.1) is 10.2 Å². The molecule has 0 radical (unpaired) electrons. The fraction of sp³-hybridized carbons (Fsp3) is 0.438. The topological polar surface area (TPSA) is 66.9 Å². The van der Waals surface area contributed by atoms with Gasteiger partial charge in [0.15, 0.2) is 4.34 Å². The molecule has 0 bridgehead atoms. The molecule has 1 aliphatic rings. The third-order valence-corrected chi connectivity index (χ3v) is 5.99. The maximum absolute atomic E-state index is 13.2.